The second-order valence-corrected chi connectivity index (χ2v) is 3.84. The zero-order valence-corrected chi connectivity index (χ0v) is 12.0. The zero-order valence-electron chi connectivity index (χ0n) is 12.0. The fourth-order valence-electron chi connectivity index (χ4n) is 1.31. The van der Waals surface area contributed by atoms with Crippen LogP contribution in [-0.4, -0.2) is 19.0 Å². The van der Waals surface area contributed by atoms with Crippen molar-refractivity contribution in [3.05, 3.63) is 47.0 Å². The topological polar surface area (TPSA) is 29.4 Å². The molecule has 1 aromatic rings. The number of ketones is 1. The van der Waals surface area contributed by atoms with Crippen molar-refractivity contribution in [2.75, 3.05) is 7.05 Å². The monoisotopic (exact) mass is 245 g/mol. The fourth-order valence-corrected chi connectivity index (χ4v) is 1.31. The Kier molecular flexibility index (Phi) is 8.46. The minimum Gasteiger partial charge on any atom is -0.297 e. The van der Waals surface area contributed by atoms with E-state index in [1.807, 2.05) is 52.0 Å². The van der Waals surface area contributed by atoms with Crippen LogP contribution < -0.4 is 0 Å². The van der Waals surface area contributed by atoms with Crippen molar-refractivity contribution >= 4 is 12.0 Å². The van der Waals surface area contributed by atoms with Crippen LogP contribution in [0.3, 0.4) is 0 Å². The molecule has 2 heteroatoms. The number of benzene rings is 1. The third kappa shape index (κ3) is 6.14. The van der Waals surface area contributed by atoms with Gasteiger partial charge in [-0.3, -0.25) is 9.79 Å². The number of hydrogen-bond donors (Lipinski definition) is 0. The molecule has 0 aliphatic heterocycles. The first-order valence-electron chi connectivity index (χ1n) is 6.31. The number of aryl methyl sites for hydroxylation is 1. The van der Waals surface area contributed by atoms with E-state index in [1.54, 1.807) is 19.3 Å². The lowest BCUT2D eigenvalue weighted by atomic mass is 10.0. The number of carbonyl (C=O) groups excluding carboxylic acids is 1. The van der Waals surface area contributed by atoms with Gasteiger partial charge in [0.2, 0.25) is 0 Å². The average molecular weight is 245 g/mol. The number of aliphatic imine (C=N–C) groups is 1. The van der Waals surface area contributed by atoms with Crippen LogP contribution >= 0.6 is 0 Å². The second kappa shape index (κ2) is 9.34. The third-order valence-electron chi connectivity index (χ3n) is 2.40. The molecule has 0 aromatic heterocycles. The summed E-state index contributed by atoms with van der Waals surface area (Å²) in [6.07, 6.45) is 3.85. The summed E-state index contributed by atoms with van der Waals surface area (Å²) in [5.41, 5.74) is 3.00. The molecule has 0 aliphatic rings. The molecule has 18 heavy (non-hydrogen) atoms. The van der Waals surface area contributed by atoms with Gasteiger partial charge in [-0.1, -0.05) is 43.7 Å². The summed E-state index contributed by atoms with van der Waals surface area (Å²) in [6, 6.07) is 8.03. The highest BCUT2D eigenvalue weighted by Gasteiger charge is 2.04. The lowest BCUT2D eigenvalue weighted by Gasteiger charge is -2.01. The highest BCUT2D eigenvalue weighted by Crippen LogP contribution is 2.07. The molecule has 0 fully saturated rings. The first-order chi connectivity index (χ1) is 8.63. The third-order valence-corrected chi connectivity index (χ3v) is 2.40. The van der Waals surface area contributed by atoms with E-state index < -0.39 is 0 Å². The van der Waals surface area contributed by atoms with Crippen LogP contribution in [0, 0.1) is 6.92 Å². The maximum absolute atomic E-state index is 11.8. The van der Waals surface area contributed by atoms with E-state index in [0.29, 0.717) is 6.42 Å². The predicted molar refractivity (Wildman–Crippen MR) is 79.4 cm³/mol. The predicted octanol–water partition coefficient (Wildman–Crippen LogP) is 3.78. The summed E-state index contributed by atoms with van der Waals surface area (Å²) in [7, 11) is 1.69. The molecule has 0 aliphatic carbocycles. The maximum Gasteiger partial charge on any atom is 0.162 e. The van der Waals surface area contributed by atoms with Crippen LogP contribution in [0.25, 0.3) is 0 Å². The molecule has 0 bridgehead atoms. The first kappa shape index (κ1) is 16.3. The van der Waals surface area contributed by atoms with Gasteiger partial charge >= 0.3 is 0 Å². The molecule has 2 nitrogen and oxygen atoms in total. The van der Waals surface area contributed by atoms with Crippen LogP contribution in [-0.2, 0) is 11.2 Å². The Balaban J connectivity index is 0.00000137. The largest absolute Gasteiger partial charge is 0.297 e. The van der Waals surface area contributed by atoms with Gasteiger partial charge in [-0.25, -0.2) is 0 Å². The van der Waals surface area contributed by atoms with Crippen molar-refractivity contribution in [1.82, 2.24) is 0 Å². The van der Waals surface area contributed by atoms with E-state index in [-0.39, 0.29) is 5.78 Å². The molecular weight excluding hydrogens is 222 g/mol. The molecule has 0 radical (unpaired) electrons. The number of carbonyl (C=O) groups is 1. The Bertz CT molecular complexity index is 413. The van der Waals surface area contributed by atoms with Gasteiger partial charge in [0, 0.05) is 19.7 Å². The minimum atomic E-state index is 0.142. The van der Waals surface area contributed by atoms with E-state index in [2.05, 4.69) is 4.99 Å². The molecule has 0 heterocycles. The SMILES string of the molecule is CC.CN=C/C=C(\C)C(=O)Cc1ccc(C)cc1. The van der Waals surface area contributed by atoms with E-state index in [9.17, 15) is 4.79 Å². The molecule has 0 spiro atoms. The van der Waals surface area contributed by atoms with Gasteiger partial charge in [0.25, 0.3) is 0 Å². The average Bonchev–Trinajstić information content (AvgIpc) is 2.40. The van der Waals surface area contributed by atoms with Gasteiger partial charge in [-0.2, -0.15) is 0 Å². The van der Waals surface area contributed by atoms with Crippen molar-refractivity contribution in [3.8, 4) is 0 Å². The Labute approximate surface area is 110 Å². The lowest BCUT2D eigenvalue weighted by Crippen LogP contribution is -2.04. The Morgan fingerprint density at radius 3 is 2.28 bits per heavy atom. The molecule has 0 unspecified atom stereocenters. The van der Waals surface area contributed by atoms with Crippen LogP contribution in [0.15, 0.2) is 40.9 Å². The number of nitrogens with zero attached hydrogens (tertiary/aromatic N) is 1. The first-order valence-corrected chi connectivity index (χ1v) is 6.31. The summed E-state index contributed by atoms with van der Waals surface area (Å²) < 4.78 is 0. The molecule has 1 rings (SSSR count). The highest BCUT2D eigenvalue weighted by atomic mass is 16.1. The molecule has 0 atom stereocenters. The summed E-state index contributed by atoms with van der Waals surface area (Å²) in [5.74, 6) is 0.142. The summed E-state index contributed by atoms with van der Waals surface area (Å²) in [5, 5.41) is 0. The minimum absolute atomic E-state index is 0.142. The van der Waals surface area contributed by atoms with Crippen LogP contribution in [0.4, 0.5) is 0 Å². The molecule has 0 amide bonds. The lowest BCUT2D eigenvalue weighted by molar-refractivity contribution is -0.114. The summed E-state index contributed by atoms with van der Waals surface area (Å²) in [4.78, 5) is 15.6. The van der Waals surface area contributed by atoms with Gasteiger partial charge in [0.15, 0.2) is 5.78 Å². The maximum atomic E-state index is 11.8. The molecular formula is C16H23NO. The van der Waals surface area contributed by atoms with Gasteiger partial charge in [-0.05, 0) is 31.1 Å². The normalized spacial score (nSPS) is 11.1. The molecule has 0 saturated carbocycles. The Morgan fingerprint density at radius 1 is 1.22 bits per heavy atom. The van der Waals surface area contributed by atoms with Crippen molar-refractivity contribution in [1.29, 1.82) is 0 Å². The van der Waals surface area contributed by atoms with Crippen molar-refractivity contribution in [3.63, 3.8) is 0 Å². The number of Topliss-reactive ketones (excluding diaryl/α,β-unsaturated/α-hetero) is 1. The van der Waals surface area contributed by atoms with Gasteiger partial charge in [-0.15, -0.1) is 0 Å². The standard InChI is InChI=1S/C14H17NO.C2H6/c1-11-4-6-13(7-5-11)10-14(16)12(2)8-9-15-3;1-2/h4-9H,10H2,1-3H3;1-2H3/b12-8+,15-9?;. The second-order valence-electron chi connectivity index (χ2n) is 3.84. The number of allylic oxidation sites excluding steroid dienone is 2. The Hall–Kier alpha value is -1.70. The van der Waals surface area contributed by atoms with Crippen LogP contribution in [0.5, 0.6) is 0 Å². The smallest absolute Gasteiger partial charge is 0.162 e. The highest BCUT2D eigenvalue weighted by molar-refractivity contribution is 5.99. The van der Waals surface area contributed by atoms with E-state index in [4.69, 9.17) is 0 Å². The van der Waals surface area contributed by atoms with Crippen LogP contribution in [0.1, 0.15) is 31.9 Å². The van der Waals surface area contributed by atoms with E-state index in [0.717, 1.165) is 11.1 Å². The number of rotatable bonds is 4. The van der Waals surface area contributed by atoms with Crippen molar-refractivity contribution in [2.24, 2.45) is 4.99 Å². The zero-order chi connectivity index (χ0) is 14.0. The fraction of sp³-hybridized carbons (Fsp3) is 0.375. The van der Waals surface area contributed by atoms with Crippen molar-refractivity contribution in [2.45, 2.75) is 34.1 Å². The Morgan fingerprint density at radius 2 is 1.78 bits per heavy atom. The number of hydrogen-bond acceptors (Lipinski definition) is 2. The molecule has 0 N–H and O–H groups in total. The quantitative estimate of drug-likeness (QED) is 0.586. The van der Waals surface area contributed by atoms with E-state index >= 15 is 0 Å². The summed E-state index contributed by atoms with van der Waals surface area (Å²) >= 11 is 0. The van der Waals surface area contributed by atoms with Gasteiger partial charge < -0.3 is 0 Å². The molecule has 1 aromatic carbocycles. The van der Waals surface area contributed by atoms with Crippen molar-refractivity contribution < 1.29 is 4.79 Å². The van der Waals surface area contributed by atoms with Gasteiger partial charge in [0.1, 0.15) is 0 Å². The molecule has 98 valence electrons. The molecule has 0 saturated heterocycles. The van der Waals surface area contributed by atoms with E-state index in [1.165, 1.54) is 5.56 Å². The van der Waals surface area contributed by atoms with Gasteiger partial charge in [0.05, 0.1) is 0 Å². The summed E-state index contributed by atoms with van der Waals surface area (Å²) in [6.45, 7) is 7.85. The van der Waals surface area contributed by atoms with Crippen LogP contribution in [0.2, 0.25) is 0 Å².